The summed E-state index contributed by atoms with van der Waals surface area (Å²) < 4.78 is 1.79. The Hall–Kier alpha value is -2.12. The molecule has 5 rings (SSSR count). The highest BCUT2D eigenvalue weighted by atomic mass is 32.2. The van der Waals surface area contributed by atoms with Crippen LogP contribution in [0.2, 0.25) is 0 Å². The number of hydrogen-bond acceptors (Lipinski definition) is 5. The Morgan fingerprint density at radius 1 is 1.12 bits per heavy atom. The summed E-state index contributed by atoms with van der Waals surface area (Å²) in [4.78, 5) is 20.8. The highest BCUT2D eigenvalue weighted by Gasteiger charge is 2.42. The molecule has 0 N–H and O–H groups in total. The minimum atomic E-state index is -0.0347. The van der Waals surface area contributed by atoms with Crippen molar-refractivity contribution in [2.45, 2.75) is 24.1 Å². The summed E-state index contributed by atoms with van der Waals surface area (Å²) in [5.74, 6) is 2.00. The largest absolute Gasteiger partial charge is 0.331 e. The molecule has 2 fully saturated rings. The molecule has 2 aromatic heterocycles. The average molecular weight is 383 g/mol. The van der Waals surface area contributed by atoms with Crippen LogP contribution in [0.1, 0.15) is 23.5 Å². The number of para-hydroxylation sites is 1. The van der Waals surface area contributed by atoms with Crippen LogP contribution in [0.4, 0.5) is 0 Å². The highest BCUT2D eigenvalue weighted by molar-refractivity contribution is 8.00. The van der Waals surface area contributed by atoms with Crippen LogP contribution in [0.3, 0.4) is 0 Å². The molecule has 1 aromatic carbocycles. The second-order valence-electron chi connectivity index (χ2n) is 6.54. The van der Waals surface area contributed by atoms with E-state index in [0.717, 1.165) is 35.1 Å². The van der Waals surface area contributed by atoms with Gasteiger partial charge in [0, 0.05) is 23.6 Å². The quantitative estimate of drug-likeness (QED) is 0.693. The van der Waals surface area contributed by atoms with Crippen molar-refractivity contribution in [3.05, 3.63) is 53.7 Å². The van der Waals surface area contributed by atoms with Gasteiger partial charge in [-0.05, 0) is 36.4 Å². The van der Waals surface area contributed by atoms with Gasteiger partial charge in [0.1, 0.15) is 0 Å². The first-order valence-corrected chi connectivity index (χ1v) is 10.7. The molecule has 26 heavy (non-hydrogen) atoms. The molecule has 3 aromatic rings. The highest BCUT2D eigenvalue weighted by Crippen LogP contribution is 2.39. The van der Waals surface area contributed by atoms with Gasteiger partial charge in [-0.25, -0.2) is 9.67 Å². The third-order valence-corrected chi connectivity index (χ3v) is 7.30. The second kappa shape index (κ2) is 6.55. The topological polar surface area (TPSA) is 51.0 Å². The third-order valence-electron chi connectivity index (χ3n) is 5.04. The number of benzene rings is 1. The molecule has 1 aliphatic heterocycles. The molecule has 0 spiro atoms. The summed E-state index contributed by atoms with van der Waals surface area (Å²) in [6, 6.07) is 14.2. The summed E-state index contributed by atoms with van der Waals surface area (Å²) in [7, 11) is 0. The number of thioether (sulfide) groups is 1. The molecule has 2 atom stereocenters. The molecular weight excluding hydrogens is 364 g/mol. The van der Waals surface area contributed by atoms with E-state index in [1.165, 1.54) is 6.42 Å². The van der Waals surface area contributed by atoms with Crippen molar-refractivity contribution in [2.75, 3.05) is 12.3 Å². The minimum Gasteiger partial charge on any atom is -0.331 e. The molecule has 0 radical (unpaired) electrons. The van der Waals surface area contributed by atoms with Gasteiger partial charge in [0.05, 0.1) is 10.6 Å². The van der Waals surface area contributed by atoms with Crippen molar-refractivity contribution >= 4 is 29.0 Å². The fourth-order valence-electron chi connectivity index (χ4n) is 3.57. The third kappa shape index (κ3) is 2.66. The maximum absolute atomic E-state index is 13.1. The van der Waals surface area contributed by atoms with Gasteiger partial charge in [-0.3, -0.25) is 4.79 Å². The first-order valence-electron chi connectivity index (χ1n) is 8.80. The molecule has 2 aliphatic rings. The smallest absolute Gasteiger partial charge is 0.293 e. The number of carbonyl (C=O) groups is 1. The monoisotopic (exact) mass is 382 g/mol. The predicted molar refractivity (Wildman–Crippen MR) is 105 cm³/mol. The number of aromatic nitrogens is 3. The molecule has 1 amide bonds. The van der Waals surface area contributed by atoms with Crippen molar-refractivity contribution in [3.63, 3.8) is 0 Å². The van der Waals surface area contributed by atoms with E-state index < -0.39 is 0 Å². The standard InChI is InChI=1S/C19H18N4OS2/c24-19(22-10-12-26-15-9-8-14(15)22)17-20-18(16-7-4-11-25-16)23(21-17)13-5-2-1-3-6-13/h1-7,11,14-15H,8-10,12H2. The van der Waals surface area contributed by atoms with E-state index in [1.807, 2.05) is 64.5 Å². The average Bonchev–Trinajstić information content (AvgIpc) is 3.32. The zero-order chi connectivity index (χ0) is 17.5. The van der Waals surface area contributed by atoms with Gasteiger partial charge in [-0.1, -0.05) is 24.3 Å². The summed E-state index contributed by atoms with van der Waals surface area (Å²) in [6.45, 7) is 0.791. The van der Waals surface area contributed by atoms with Crippen LogP contribution in [-0.2, 0) is 0 Å². The molecule has 3 heterocycles. The van der Waals surface area contributed by atoms with Crippen molar-refractivity contribution in [1.82, 2.24) is 19.7 Å². The molecule has 5 nitrogen and oxygen atoms in total. The van der Waals surface area contributed by atoms with Crippen LogP contribution in [-0.4, -0.2) is 49.2 Å². The van der Waals surface area contributed by atoms with E-state index in [1.54, 1.807) is 16.0 Å². The van der Waals surface area contributed by atoms with Gasteiger partial charge in [-0.2, -0.15) is 11.8 Å². The van der Waals surface area contributed by atoms with Gasteiger partial charge in [-0.15, -0.1) is 16.4 Å². The van der Waals surface area contributed by atoms with Crippen LogP contribution in [0, 0.1) is 0 Å². The minimum absolute atomic E-state index is 0.0347. The van der Waals surface area contributed by atoms with Crippen LogP contribution < -0.4 is 0 Å². The lowest BCUT2D eigenvalue weighted by Crippen LogP contribution is -2.55. The molecule has 1 saturated carbocycles. The van der Waals surface area contributed by atoms with Crippen molar-refractivity contribution in [2.24, 2.45) is 0 Å². The Balaban J connectivity index is 1.54. The van der Waals surface area contributed by atoms with Crippen molar-refractivity contribution < 1.29 is 4.79 Å². The summed E-state index contributed by atoms with van der Waals surface area (Å²) >= 11 is 3.60. The van der Waals surface area contributed by atoms with E-state index in [9.17, 15) is 4.79 Å². The number of fused-ring (bicyclic) bond motifs is 1. The molecule has 2 unspecified atom stereocenters. The maximum Gasteiger partial charge on any atom is 0.293 e. The van der Waals surface area contributed by atoms with Crippen molar-refractivity contribution in [3.8, 4) is 16.4 Å². The van der Waals surface area contributed by atoms with Gasteiger partial charge in [0.15, 0.2) is 5.82 Å². The number of carbonyl (C=O) groups excluding carboxylic acids is 1. The van der Waals surface area contributed by atoms with Crippen LogP contribution in [0.25, 0.3) is 16.4 Å². The SMILES string of the molecule is O=C(c1nc(-c2cccs2)n(-c2ccccc2)n1)N1CCSC2CCC21. The predicted octanol–water partition coefficient (Wildman–Crippen LogP) is 3.72. The van der Waals surface area contributed by atoms with Crippen LogP contribution >= 0.6 is 23.1 Å². The fourth-order valence-corrected chi connectivity index (χ4v) is 5.68. The lowest BCUT2D eigenvalue weighted by atomic mass is 9.90. The number of thiophene rings is 1. The normalized spacial score (nSPS) is 21.9. The Labute approximate surface area is 160 Å². The van der Waals surface area contributed by atoms with E-state index in [2.05, 4.69) is 10.1 Å². The zero-order valence-corrected chi connectivity index (χ0v) is 15.7. The lowest BCUT2D eigenvalue weighted by Gasteiger charge is -2.47. The van der Waals surface area contributed by atoms with Gasteiger partial charge in [0.25, 0.3) is 5.91 Å². The summed E-state index contributed by atoms with van der Waals surface area (Å²) in [5.41, 5.74) is 0.915. The Morgan fingerprint density at radius 3 is 2.73 bits per heavy atom. The van der Waals surface area contributed by atoms with Gasteiger partial charge >= 0.3 is 0 Å². The Kier molecular flexibility index (Phi) is 4.05. The fraction of sp³-hybridized carbons (Fsp3) is 0.316. The molecule has 7 heteroatoms. The second-order valence-corrected chi connectivity index (χ2v) is 8.83. The first-order chi connectivity index (χ1) is 12.8. The summed E-state index contributed by atoms with van der Waals surface area (Å²) in [6.07, 6.45) is 2.31. The van der Waals surface area contributed by atoms with Crippen molar-refractivity contribution in [1.29, 1.82) is 0 Å². The molecule has 1 aliphatic carbocycles. The molecule has 1 saturated heterocycles. The zero-order valence-electron chi connectivity index (χ0n) is 14.1. The molecule has 0 bridgehead atoms. The lowest BCUT2D eigenvalue weighted by molar-refractivity contribution is 0.0583. The number of amides is 1. The van der Waals surface area contributed by atoms with Gasteiger partial charge < -0.3 is 4.90 Å². The van der Waals surface area contributed by atoms with E-state index in [-0.39, 0.29) is 5.91 Å². The van der Waals surface area contributed by atoms with Crippen LogP contribution in [0.5, 0.6) is 0 Å². The van der Waals surface area contributed by atoms with E-state index >= 15 is 0 Å². The number of hydrogen-bond donors (Lipinski definition) is 0. The Bertz CT molecular complexity index is 922. The number of nitrogens with zero attached hydrogens (tertiary/aromatic N) is 4. The first kappa shape index (κ1) is 16.1. The number of rotatable bonds is 3. The summed E-state index contributed by atoms with van der Waals surface area (Å²) in [5, 5.41) is 7.22. The molecule has 132 valence electrons. The van der Waals surface area contributed by atoms with E-state index in [0.29, 0.717) is 17.1 Å². The Morgan fingerprint density at radius 2 is 2.00 bits per heavy atom. The van der Waals surface area contributed by atoms with Crippen LogP contribution in [0.15, 0.2) is 47.8 Å². The molecular formula is C19H18N4OS2. The van der Waals surface area contributed by atoms with E-state index in [4.69, 9.17) is 0 Å². The maximum atomic E-state index is 13.1. The van der Waals surface area contributed by atoms with Gasteiger partial charge in [0.2, 0.25) is 5.82 Å².